The molecule has 134 valence electrons. The van der Waals surface area contributed by atoms with Crippen LogP contribution in [0.2, 0.25) is 0 Å². The van der Waals surface area contributed by atoms with E-state index in [1.54, 1.807) is 12.1 Å². The Balaban J connectivity index is 1.71. The molecular weight excluding hydrogens is 331 g/mol. The Bertz CT molecular complexity index is 960. The number of nitrogens with one attached hydrogen (secondary N) is 2. The lowest BCUT2D eigenvalue weighted by Crippen LogP contribution is -2.42. The Labute approximate surface area is 151 Å². The number of amides is 1. The summed E-state index contributed by atoms with van der Waals surface area (Å²) in [6.45, 7) is 1.84. The first-order valence-corrected chi connectivity index (χ1v) is 8.85. The topological polar surface area (TPSA) is 59.0 Å². The molecule has 0 unspecified atom stereocenters. The molecule has 0 spiro atoms. The lowest BCUT2D eigenvalue weighted by molar-refractivity contribution is 0.0931. The van der Waals surface area contributed by atoms with Crippen molar-refractivity contribution >= 4 is 16.8 Å². The Morgan fingerprint density at radius 3 is 2.88 bits per heavy atom. The second-order valence-electron chi connectivity index (χ2n) is 6.73. The van der Waals surface area contributed by atoms with Crippen molar-refractivity contribution in [3.63, 3.8) is 0 Å². The van der Waals surface area contributed by atoms with Crippen molar-refractivity contribution in [3.8, 4) is 11.1 Å². The molecule has 4 rings (SSSR count). The molecule has 2 aromatic heterocycles. The summed E-state index contributed by atoms with van der Waals surface area (Å²) < 4.78 is 16.0. The number of rotatable bonds is 3. The van der Waals surface area contributed by atoms with Crippen LogP contribution in [0.15, 0.2) is 42.7 Å². The van der Waals surface area contributed by atoms with Crippen molar-refractivity contribution in [1.82, 2.24) is 20.2 Å². The molecule has 1 aliphatic rings. The summed E-state index contributed by atoms with van der Waals surface area (Å²) in [4.78, 5) is 16.5. The lowest BCUT2D eigenvalue weighted by Gasteiger charge is -2.23. The highest BCUT2D eigenvalue weighted by Crippen LogP contribution is 2.28. The number of hydrogen-bond acceptors (Lipinski definition) is 3. The fourth-order valence-electron chi connectivity index (χ4n) is 3.57. The number of nitrogens with zero attached hydrogens (tertiary/aromatic N) is 2. The maximum Gasteiger partial charge on any atom is 0.253 e. The van der Waals surface area contributed by atoms with Crippen LogP contribution in [0.4, 0.5) is 4.39 Å². The number of carbonyl (C=O) groups is 1. The standard InChI is InChI=1S/C20H21FN4O/c1-25-12-17(20(26)24-14-6-9-22-10-7-14)16-11-13(4-5-18(16)25)15-3-2-8-23-19(15)21/h2-5,8,11-12,14,22H,6-7,9-10H2,1H3,(H,24,26). The van der Waals surface area contributed by atoms with Crippen molar-refractivity contribution in [2.45, 2.75) is 18.9 Å². The molecule has 1 aromatic carbocycles. The van der Waals surface area contributed by atoms with Gasteiger partial charge in [-0.05, 0) is 55.8 Å². The predicted octanol–water partition coefficient (Wildman–Crippen LogP) is 2.86. The summed E-state index contributed by atoms with van der Waals surface area (Å²) in [5.41, 5.74) is 2.70. The Hall–Kier alpha value is -2.73. The number of carbonyl (C=O) groups excluding carboxylic acids is 1. The Morgan fingerprint density at radius 2 is 2.12 bits per heavy atom. The van der Waals surface area contributed by atoms with Gasteiger partial charge in [0.05, 0.1) is 5.56 Å². The van der Waals surface area contributed by atoms with Crippen LogP contribution in [0.1, 0.15) is 23.2 Å². The van der Waals surface area contributed by atoms with Crippen LogP contribution in [0.5, 0.6) is 0 Å². The molecule has 0 radical (unpaired) electrons. The number of benzene rings is 1. The zero-order valence-corrected chi connectivity index (χ0v) is 14.6. The molecule has 2 N–H and O–H groups in total. The zero-order chi connectivity index (χ0) is 18.1. The number of pyridine rings is 1. The van der Waals surface area contributed by atoms with Gasteiger partial charge in [-0.1, -0.05) is 6.07 Å². The molecule has 1 fully saturated rings. The molecule has 3 heterocycles. The molecular formula is C20H21FN4O. The van der Waals surface area contributed by atoms with E-state index in [-0.39, 0.29) is 11.9 Å². The van der Waals surface area contributed by atoms with Gasteiger partial charge >= 0.3 is 0 Å². The van der Waals surface area contributed by atoms with Gasteiger partial charge in [-0.15, -0.1) is 0 Å². The molecule has 1 saturated heterocycles. The normalized spacial score (nSPS) is 15.3. The molecule has 0 saturated carbocycles. The summed E-state index contributed by atoms with van der Waals surface area (Å²) >= 11 is 0. The average molecular weight is 352 g/mol. The van der Waals surface area contributed by atoms with Gasteiger partial charge in [0.25, 0.3) is 5.91 Å². The Kier molecular flexibility index (Phi) is 4.42. The lowest BCUT2D eigenvalue weighted by atomic mass is 10.0. The van der Waals surface area contributed by atoms with E-state index in [9.17, 15) is 9.18 Å². The van der Waals surface area contributed by atoms with E-state index in [0.717, 1.165) is 36.8 Å². The number of aromatic nitrogens is 2. The van der Waals surface area contributed by atoms with Crippen LogP contribution in [-0.2, 0) is 7.05 Å². The van der Waals surface area contributed by atoms with Crippen LogP contribution >= 0.6 is 0 Å². The largest absolute Gasteiger partial charge is 0.350 e. The number of hydrogen-bond donors (Lipinski definition) is 2. The highest BCUT2D eigenvalue weighted by atomic mass is 19.1. The summed E-state index contributed by atoms with van der Waals surface area (Å²) in [5, 5.41) is 7.25. The first kappa shape index (κ1) is 16.7. The third-order valence-electron chi connectivity index (χ3n) is 4.98. The summed E-state index contributed by atoms with van der Waals surface area (Å²) in [7, 11) is 1.91. The molecule has 1 amide bonds. The third kappa shape index (κ3) is 3.08. The summed E-state index contributed by atoms with van der Waals surface area (Å²) in [6, 6.07) is 9.24. The number of fused-ring (bicyclic) bond motifs is 1. The first-order chi connectivity index (χ1) is 12.6. The van der Waals surface area contributed by atoms with Crippen LogP contribution in [0.25, 0.3) is 22.0 Å². The molecule has 26 heavy (non-hydrogen) atoms. The van der Waals surface area contributed by atoms with Gasteiger partial charge in [0.1, 0.15) is 0 Å². The third-order valence-corrected chi connectivity index (χ3v) is 4.98. The van der Waals surface area contributed by atoms with Crippen molar-refractivity contribution in [3.05, 3.63) is 54.2 Å². The fraction of sp³-hybridized carbons (Fsp3) is 0.300. The van der Waals surface area contributed by atoms with Gasteiger partial charge in [0.2, 0.25) is 5.95 Å². The van der Waals surface area contributed by atoms with Gasteiger partial charge in [0, 0.05) is 41.9 Å². The number of piperidine rings is 1. The van der Waals surface area contributed by atoms with E-state index in [2.05, 4.69) is 15.6 Å². The summed E-state index contributed by atoms with van der Waals surface area (Å²) in [5.74, 6) is -0.588. The molecule has 0 aliphatic carbocycles. The minimum absolute atomic E-state index is 0.0775. The average Bonchev–Trinajstić information content (AvgIpc) is 2.99. The second-order valence-corrected chi connectivity index (χ2v) is 6.73. The van der Waals surface area contributed by atoms with Crippen molar-refractivity contribution < 1.29 is 9.18 Å². The van der Waals surface area contributed by atoms with E-state index < -0.39 is 5.95 Å². The fourth-order valence-corrected chi connectivity index (χ4v) is 3.57. The molecule has 1 aliphatic heterocycles. The number of aryl methyl sites for hydroxylation is 1. The molecule has 0 bridgehead atoms. The molecule has 6 heteroatoms. The smallest absolute Gasteiger partial charge is 0.253 e. The monoisotopic (exact) mass is 352 g/mol. The van der Waals surface area contributed by atoms with Crippen molar-refractivity contribution in [2.24, 2.45) is 7.05 Å². The minimum Gasteiger partial charge on any atom is -0.350 e. The van der Waals surface area contributed by atoms with Crippen molar-refractivity contribution in [2.75, 3.05) is 13.1 Å². The SMILES string of the molecule is Cn1cc(C(=O)NC2CCNCC2)c2cc(-c3cccnc3F)ccc21. The molecule has 5 nitrogen and oxygen atoms in total. The van der Waals surface area contributed by atoms with Gasteiger partial charge in [-0.2, -0.15) is 4.39 Å². The molecule has 3 aromatic rings. The van der Waals surface area contributed by atoms with Gasteiger partial charge in [-0.3, -0.25) is 4.79 Å². The summed E-state index contributed by atoms with van der Waals surface area (Å²) in [6.07, 6.45) is 5.13. The van der Waals surface area contributed by atoms with Gasteiger partial charge in [-0.25, -0.2) is 4.98 Å². The van der Waals surface area contributed by atoms with Gasteiger partial charge in [0.15, 0.2) is 0 Å². The highest BCUT2D eigenvalue weighted by Gasteiger charge is 2.20. The number of halogens is 1. The van der Waals surface area contributed by atoms with E-state index in [0.29, 0.717) is 16.7 Å². The quantitative estimate of drug-likeness (QED) is 0.713. The van der Waals surface area contributed by atoms with Crippen LogP contribution in [-0.4, -0.2) is 34.6 Å². The van der Waals surface area contributed by atoms with E-state index in [1.165, 1.54) is 6.20 Å². The first-order valence-electron chi connectivity index (χ1n) is 8.85. The Morgan fingerprint density at radius 1 is 1.31 bits per heavy atom. The van der Waals surface area contributed by atoms with E-state index in [4.69, 9.17) is 0 Å². The van der Waals surface area contributed by atoms with Gasteiger partial charge < -0.3 is 15.2 Å². The minimum atomic E-state index is -0.511. The van der Waals surface area contributed by atoms with Crippen LogP contribution in [0, 0.1) is 5.95 Å². The maximum atomic E-state index is 14.0. The van der Waals surface area contributed by atoms with Crippen LogP contribution in [0.3, 0.4) is 0 Å². The van der Waals surface area contributed by atoms with E-state index >= 15 is 0 Å². The zero-order valence-electron chi connectivity index (χ0n) is 14.6. The van der Waals surface area contributed by atoms with Crippen LogP contribution < -0.4 is 10.6 Å². The van der Waals surface area contributed by atoms with E-state index in [1.807, 2.05) is 36.0 Å². The van der Waals surface area contributed by atoms with Crippen molar-refractivity contribution in [1.29, 1.82) is 0 Å². The maximum absolute atomic E-state index is 14.0. The molecule has 0 atom stereocenters. The highest BCUT2D eigenvalue weighted by molar-refractivity contribution is 6.08. The second kappa shape index (κ2) is 6.88. The predicted molar refractivity (Wildman–Crippen MR) is 99.5 cm³/mol.